The van der Waals surface area contributed by atoms with Gasteiger partial charge in [0.1, 0.15) is 11.6 Å². The van der Waals surface area contributed by atoms with Crippen molar-refractivity contribution in [3.63, 3.8) is 0 Å². The Bertz CT molecular complexity index is 586. The minimum absolute atomic E-state index is 0.0661. The van der Waals surface area contributed by atoms with E-state index in [4.69, 9.17) is 11.6 Å². The van der Waals surface area contributed by atoms with Crippen LogP contribution in [0.3, 0.4) is 0 Å². The van der Waals surface area contributed by atoms with E-state index in [0.29, 0.717) is 23.4 Å². The molecule has 0 bridgehead atoms. The van der Waals surface area contributed by atoms with Crippen LogP contribution in [0.15, 0.2) is 42.5 Å². The summed E-state index contributed by atoms with van der Waals surface area (Å²) in [7, 11) is 0. The van der Waals surface area contributed by atoms with Gasteiger partial charge in [-0.2, -0.15) is 0 Å². The summed E-state index contributed by atoms with van der Waals surface area (Å²) in [4.78, 5) is 0. The second-order valence-electron chi connectivity index (χ2n) is 4.82. The molecule has 0 saturated heterocycles. The Labute approximate surface area is 121 Å². The zero-order chi connectivity index (χ0) is 14.5. The lowest BCUT2D eigenvalue weighted by atomic mass is 9.93. The summed E-state index contributed by atoms with van der Waals surface area (Å²) in [6, 6.07) is 10.4. The van der Waals surface area contributed by atoms with Crippen LogP contribution in [0.5, 0.6) is 0 Å². The van der Waals surface area contributed by atoms with E-state index in [1.54, 1.807) is 12.1 Å². The monoisotopic (exact) mass is 296 g/mol. The highest BCUT2D eigenvalue weighted by atomic mass is 35.5. The summed E-state index contributed by atoms with van der Waals surface area (Å²) in [5.74, 6) is -0.786. The van der Waals surface area contributed by atoms with E-state index in [-0.39, 0.29) is 24.2 Å². The third-order valence-corrected chi connectivity index (χ3v) is 3.56. The van der Waals surface area contributed by atoms with Crippen molar-refractivity contribution in [2.24, 2.45) is 5.92 Å². The summed E-state index contributed by atoms with van der Waals surface area (Å²) in [5.41, 5.74) is 1.46. The molecule has 0 amide bonds. The third-order valence-electron chi connectivity index (χ3n) is 3.19. The van der Waals surface area contributed by atoms with Crippen LogP contribution in [0.4, 0.5) is 8.78 Å². The second kappa shape index (κ2) is 6.82. The fraction of sp³-hybridized carbons (Fsp3) is 0.250. The molecule has 0 fully saturated rings. The van der Waals surface area contributed by atoms with Crippen molar-refractivity contribution in [1.82, 2.24) is 0 Å². The molecule has 2 aromatic carbocycles. The Hall–Kier alpha value is -1.45. The predicted octanol–water partition coefficient (Wildman–Crippen LogP) is 4.01. The lowest BCUT2D eigenvalue weighted by molar-refractivity contribution is 0.225. The SMILES string of the molecule is OCC(Cc1cccc(F)c1)Cc1cc(F)ccc1Cl. The topological polar surface area (TPSA) is 20.2 Å². The number of aliphatic hydroxyl groups is 1. The average molecular weight is 297 g/mol. The van der Waals surface area contributed by atoms with Gasteiger partial charge in [0.25, 0.3) is 0 Å². The lowest BCUT2D eigenvalue weighted by Crippen LogP contribution is -2.13. The van der Waals surface area contributed by atoms with Gasteiger partial charge < -0.3 is 5.11 Å². The van der Waals surface area contributed by atoms with E-state index >= 15 is 0 Å². The quantitative estimate of drug-likeness (QED) is 0.884. The molecule has 1 atom stereocenters. The Morgan fingerprint density at radius 1 is 1.00 bits per heavy atom. The van der Waals surface area contributed by atoms with Gasteiger partial charge in [-0.25, -0.2) is 8.78 Å². The smallest absolute Gasteiger partial charge is 0.123 e. The van der Waals surface area contributed by atoms with Crippen LogP contribution in [0, 0.1) is 17.6 Å². The highest BCUT2D eigenvalue weighted by Gasteiger charge is 2.13. The molecule has 1 nitrogen and oxygen atoms in total. The second-order valence-corrected chi connectivity index (χ2v) is 5.23. The molecule has 2 aromatic rings. The van der Waals surface area contributed by atoms with Crippen LogP contribution in [-0.4, -0.2) is 11.7 Å². The maximum absolute atomic E-state index is 13.2. The van der Waals surface area contributed by atoms with Gasteiger partial charge in [-0.05, 0) is 60.2 Å². The third kappa shape index (κ3) is 4.02. The largest absolute Gasteiger partial charge is 0.396 e. The molecule has 2 rings (SSSR count). The highest BCUT2D eigenvalue weighted by molar-refractivity contribution is 6.31. The van der Waals surface area contributed by atoms with Crippen molar-refractivity contribution in [1.29, 1.82) is 0 Å². The molecular weight excluding hydrogens is 282 g/mol. The van der Waals surface area contributed by atoms with Gasteiger partial charge in [-0.3, -0.25) is 0 Å². The van der Waals surface area contributed by atoms with Crippen LogP contribution >= 0.6 is 11.6 Å². The first kappa shape index (κ1) is 14.9. The van der Waals surface area contributed by atoms with Crippen LogP contribution in [0.2, 0.25) is 5.02 Å². The first-order chi connectivity index (χ1) is 9.58. The van der Waals surface area contributed by atoms with Gasteiger partial charge in [0.2, 0.25) is 0 Å². The van der Waals surface area contributed by atoms with E-state index in [1.807, 2.05) is 0 Å². The standard InChI is InChI=1S/C16H15ClF2O/c17-16-5-4-15(19)9-13(16)7-12(10-20)6-11-2-1-3-14(18)8-11/h1-5,8-9,12,20H,6-7,10H2. The molecule has 0 aliphatic carbocycles. The summed E-state index contributed by atoms with van der Waals surface area (Å²) < 4.78 is 26.3. The minimum Gasteiger partial charge on any atom is -0.396 e. The molecule has 0 radical (unpaired) electrons. The van der Waals surface area contributed by atoms with Crippen molar-refractivity contribution in [2.45, 2.75) is 12.8 Å². The summed E-state index contributed by atoms with van der Waals surface area (Å²) in [6.45, 7) is -0.0661. The molecule has 0 heterocycles. The van der Waals surface area contributed by atoms with E-state index in [2.05, 4.69) is 0 Å². The number of benzene rings is 2. The van der Waals surface area contributed by atoms with E-state index < -0.39 is 0 Å². The van der Waals surface area contributed by atoms with Crippen molar-refractivity contribution >= 4 is 11.6 Å². The van der Waals surface area contributed by atoms with Crippen molar-refractivity contribution in [3.8, 4) is 0 Å². The fourth-order valence-corrected chi connectivity index (χ4v) is 2.40. The van der Waals surface area contributed by atoms with Gasteiger partial charge in [0.15, 0.2) is 0 Å². The van der Waals surface area contributed by atoms with Crippen molar-refractivity contribution in [3.05, 3.63) is 70.2 Å². The molecule has 0 aliphatic rings. The first-order valence-corrected chi connectivity index (χ1v) is 6.75. The molecule has 0 aliphatic heterocycles. The maximum atomic E-state index is 13.2. The normalized spacial score (nSPS) is 12.4. The maximum Gasteiger partial charge on any atom is 0.123 e. The van der Waals surface area contributed by atoms with Crippen LogP contribution in [-0.2, 0) is 12.8 Å². The summed E-state index contributed by atoms with van der Waals surface area (Å²) in [6.07, 6.45) is 0.963. The molecule has 4 heteroatoms. The van der Waals surface area contributed by atoms with Gasteiger partial charge in [0, 0.05) is 11.6 Å². The molecular formula is C16H15ClF2O. The van der Waals surface area contributed by atoms with Gasteiger partial charge in [-0.15, -0.1) is 0 Å². The number of hydrogen-bond acceptors (Lipinski definition) is 1. The Balaban J connectivity index is 2.11. The highest BCUT2D eigenvalue weighted by Crippen LogP contribution is 2.22. The molecule has 1 unspecified atom stereocenters. The Morgan fingerprint density at radius 2 is 1.75 bits per heavy atom. The van der Waals surface area contributed by atoms with Gasteiger partial charge >= 0.3 is 0 Å². The zero-order valence-electron chi connectivity index (χ0n) is 10.8. The van der Waals surface area contributed by atoms with Crippen LogP contribution < -0.4 is 0 Å². The first-order valence-electron chi connectivity index (χ1n) is 6.37. The number of hydrogen-bond donors (Lipinski definition) is 1. The molecule has 1 N–H and O–H groups in total. The average Bonchev–Trinajstić information content (AvgIpc) is 2.42. The predicted molar refractivity (Wildman–Crippen MR) is 75.8 cm³/mol. The minimum atomic E-state index is -0.355. The zero-order valence-corrected chi connectivity index (χ0v) is 11.6. The number of halogens is 3. The van der Waals surface area contributed by atoms with Crippen molar-refractivity contribution in [2.75, 3.05) is 6.61 Å². The van der Waals surface area contributed by atoms with E-state index in [1.165, 1.54) is 30.3 Å². The Morgan fingerprint density at radius 3 is 2.45 bits per heavy atom. The lowest BCUT2D eigenvalue weighted by Gasteiger charge is -2.15. The van der Waals surface area contributed by atoms with Crippen LogP contribution in [0.1, 0.15) is 11.1 Å². The molecule has 0 saturated carbocycles. The molecule has 0 spiro atoms. The molecule has 20 heavy (non-hydrogen) atoms. The van der Waals surface area contributed by atoms with E-state index in [9.17, 15) is 13.9 Å². The fourth-order valence-electron chi connectivity index (χ4n) is 2.21. The molecule has 0 aromatic heterocycles. The van der Waals surface area contributed by atoms with Crippen molar-refractivity contribution < 1.29 is 13.9 Å². The molecule has 106 valence electrons. The van der Waals surface area contributed by atoms with E-state index in [0.717, 1.165) is 5.56 Å². The Kier molecular flexibility index (Phi) is 5.10. The number of rotatable bonds is 5. The number of aliphatic hydroxyl groups excluding tert-OH is 1. The summed E-state index contributed by atoms with van der Waals surface area (Å²) >= 11 is 6.02. The van der Waals surface area contributed by atoms with Gasteiger partial charge in [-0.1, -0.05) is 23.7 Å². The summed E-state index contributed by atoms with van der Waals surface area (Å²) in [5, 5.41) is 9.92. The van der Waals surface area contributed by atoms with Gasteiger partial charge in [0.05, 0.1) is 0 Å². The van der Waals surface area contributed by atoms with Crippen LogP contribution in [0.25, 0.3) is 0 Å².